The van der Waals surface area contributed by atoms with E-state index < -0.39 is 11.6 Å². The molecule has 1 aromatic carbocycles. The fourth-order valence-electron chi connectivity index (χ4n) is 2.53. The monoisotopic (exact) mass is 339 g/mol. The van der Waals surface area contributed by atoms with Crippen LogP contribution in [-0.2, 0) is 6.42 Å². The van der Waals surface area contributed by atoms with Gasteiger partial charge in [0.15, 0.2) is 0 Å². The molecule has 0 amide bonds. The Hall–Kier alpha value is -3.15. The van der Waals surface area contributed by atoms with Gasteiger partial charge >= 0.3 is 11.6 Å². The molecule has 0 aliphatic carbocycles. The maximum Gasteiger partial charge on any atom is 0.349 e. The van der Waals surface area contributed by atoms with Crippen LogP contribution in [0.2, 0.25) is 0 Å². The molecule has 0 fully saturated rings. The summed E-state index contributed by atoms with van der Waals surface area (Å²) >= 11 is 0. The minimum Gasteiger partial charge on any atom is -0.477 e. The minimum absolute atomic E-state index is 0.218. The highest BCUT2D eigenvalue weighted by molar-refractivity contribution is 5.93. The lowest BCUT2D eigenvalue weighted by molar-refractivity contribution is 0.0729. The molecule has 0 spiro atoms. The molecule has 0 saturated heterocycles. The number of aryl methyl sites for hydroxylation is 1. The first-order valence-corrected chi connectivity index (χ1v) is 7.99. The minimum atomic E-state index is -0.593. The summed E-state index contributed by atoms with van der Waals surface area (Å²) in [5.41, 5.74) is 1.06. The van der Waals surface area contributed by atoms with Crippen molar-refractivity contribution in [3.05, 3.63) is 64.1 Å². The van der Waals surface area contributed by atoms with Gasteiger partial charge in [0.25, 0.3) is 0 Å². The number of pyridine rings is 1. The van der Waals surface area contributed by atoms with Crippen LogP contribution in [0.1, 0.15) is 29.8 Å². The fraction of sp³-hybridized carbons (Fsp3) is 0.211. The molecule has 3 rings (SSSR count). The summed E-state index contributed by atoms with van der Waals surface area (Å²) in [6.45, 7) is 4.15. The third kappa shape index (κ3) is 3.52. The second kappa shape index (κ2) is 7.17. The van der Waals surface area contributed by atoms with E-state index in [2.05, 4.69) is 4.98 Å². The standard InChI is InChI=1S/C19H17NO5/c1-3-12-10-17(21)25-16-11-13(7-8-14(12)16)24-19(22)15-6-5-9-20-18(15)23-4-2/h5-11H,3-4H2,1-2H3. The predicted octanol–water partition coefficient (Wildman–Crippen LogP) is 3.37. The third-order valence-electron chi connectivity index (χ3n) is 3.67. The van der Waals surface area contributed by atoms with Gasteiger partial charge in [0, 0.05) is 23.7 Å². The van der Waals surface area contributed by atoms with Gasteiger partial charge in [-0.3, -0.25) is 0 Å². The van der Waals surface area contributed by atoms with E-state index in [9.17, 15) is 9.59 Å². The average Bonchev–Trinajstić information content (AvgIpc) is 2.61. The number of carbonyl (C=O) groups excluding carboxylic acids is 1. The Kier molecular flexibility index (Phi) is 4.79. The Labute approximate surface area is 144 Å². The number of ether oxygens (including phenoxy) is 2. The van der Waals surface area contributed by atoms with E-state index >= 15 is 0 Å². The molecular weight excluding hydrogens is 322 g/mol. The van der Waals surface area contributed by atoms with Gasteiger partial charge in [0.05, 0.1) is 6.61 Å². The third-order valence-corrected chi connectivity index (χ3v) is 3.67. The molecule has 2 heterocycles. The first-order valence-electron chi connectivity index (χ1n) is 7.99. The Morgan fingerprint density at radius 3 is 2.80 bits per heavy atom. The number of nitrogens with zero attached hydrogens (tertiary/aromatic N) is 1. The van der Waals surface area contributed by atoms with Crippen molar-refractivity contribution < 1.29 is 18.7 Å². The number of esters is 1. The van der Waals surface area contributed by atoms with Crippen molar-refractivity contribution >= 4 is 16.9 Å². The Balaban J connectivity index is 1.93. The van der Waals surface area contributed by atoms with Crippen LogP contribution in [0.4, 0.5) is 0 Å². The van der Waals surface area contributed by atoms with Crippen LogP contribution < -0.4 is 15.1 Å². The molecule has 0 N–H and O–H groups in total. The second-order valence-electron chi connectivity index (χ2n) is 5.28. The van der Waals surface area contributed by atoms with E-state index in [0.717, 1.165) is 10.9 Å². The molecule has 0 aliphatic rings. The van der Waals surface area contributed by atoms with Crippen LogP contribution in [0.15, 0.2) is 51.8 Å². The van der Waals surface area contributed by atoms with Crippen molar-refractivity contribution in [2.75, 3.05) is 6.61 Å². The fourth-order valence-corrected chi connectivity index (χ4v) is 2.53. The second-order valence-corrected chi connectivity index (χ2v) is 5.28. The number of benzene rings is 1. The van der Waals surface area contributed by atoms with Crippen molar-refractivity contribution in [3.8, 4) is 11.6 Å². The van der Waals surface area contributed by atoms with Gasteiger partial charge in [-0.2, -0.15) is 0 Å². The zero-order valence-electron chi connectivity index (χ0n) is 13.9. The van der Waals surface area contributed by atoms with E-state index in [1.165, 1.54) is 12.1 Å². The van der Waals surface area contributed by atoms with Crippen LogP contribution in [0, 0.1) is 0 Å². The number of hydrogen-bond donors (Lipinski definition) is 0. The number of fused-ring (bicyclic) bond motifs is 1. The van der Waals surface area contributed by atoms with Gasteiger partial charge in [-0.25, -0.2) is 14.6 Å². The van der Waals surface area contributed by atoms with E-state index in [1.54, 1.807) is 37.4 Å². The SMILES string of the molecule is CCOc1ncccc1C(=O)Oc1ccc2c(CC)cc(=O)oc2c1. The highest BCUT2D eigenvalue weighted by Crippen LogP contribution is 2.24. The zero-order chi connectivity index (χ0) is 17.8. The van der Waals surface area contributed by atoms with Crippen molar-refractivity contribution in [2.24, 2.45) is 0 Å². The molecule has 128 valence electrons. The molecule has 0 atom stereocenters. The Morgan fingerprint density at radius 2 is 2.04 bits per heavy atom. The molecular formula is C19H17NO5. The molecule has 3 aromatic rings. The van der Waals surface area contributed by atoms with Crippen LogP contribution in [0.5, 0.6) is 11.6 Å². The summed E-state index contributed by atoms with van der Waals surface area (Å²) in [7, 11) is 0. The highest BCUT2D eigenvalue weighted by atomic mass is 16.5. The van der Waals surface area contributed by atoms with Gasteiger partial charge in [-0.1, -0.05) is 6.92 Å². The largest absolute Gasteiger partial charge is 0.477 e. The Morgan fingerprint density at radius 1 is 1.20 bits per heavy atom. The van der Waals surface area contributed by atoms with Gasteiger partial charge < -0.3 is 13.9 Å². The molecule has 25 heavy (non-hydrogen) atoms. The van der Waals surface area contributed by atoms with E-state index in [0.29, 0.717) is 18.6 Å². The number of hydrogen-bond acceptors (Lipinski definition) is 6. The van der Waals surface area contributed by atoms with Crippen molar-refractivity contribution in [3.63, 3.8) is 0 Å². The van der Waals surface area contributed by atoms with Crippen molar-refractivity contribution in [2.45, 2.75) is 20.3 Å². The van der Waals surface area contributed by atoms with Crippen molar-refractivity contribution in [1.29, 1.82) is 0 Å². The number of aromatic nitrogens is 1. The van der Waals surface area contributed by atoms with E-state index in [1.807, 2.05) is 6.92 Å². The normalized spacial score (nSPS) is 10.6. The van der Waals surface area contributed by atoms with Crippen LogP contribution in [-0.4, -0.2) is 17.6 Å². The number of carbonyl (C=O) groups is 1. The quantitative estimate of drug-likeness (QED) is 0.403. The van der Waals surface area contributed by atoms with Crippen LogP contribution >= 0.6 is 0 Å². The predicted molar refractivity (Wildman–Crippen MR) is 92.2 cm³/mol. The summed E-state index contributed by atoms with van der Waals surface area (Å²) < 4.78 is 15.9. The first kappa shape index (κ1) is 16.7. The van der Waals surface area contributed by atoms with Gasteiger partial charge in [-0.05, 0) is 43.2 Å². The molecule has 6 nitrogen and oxygen atoms in total. The first-order chi connectivity index (χ1) is 12.1. The molecule has 0 bridgehead atoms. The molecule has 0 aliphatic heterocycles. The number of rotatable bonds is 5. The van der Waals surface area contributed by atoms with Crippen LogP contribution in [0.3, 0.4) is 0 Å². The van der Waals surface area contributed by atoms with Gasteiger partial charge in [-0.15, -0.1) is 0 Å². The Bertz CT molecular complexity index is 977. The highest BCUT2D eigenvalue weighted by Gasteiger charge is 2.16. The summed E-state index contributed by atoms with van der Waals surface area (Å²) in [6, 6.07) is 9.65. The summed E-state index contributed by atoms with van der Waals surface area (Å²) in [6.07, 6.45) is 2.24. The molecule has 2 aromatic heterocycles. The lowest BCUT2D eigenvalue weighted by atomic mass is 10.1. The summed E-state index contributed by atoms with van der Waals surface area (Å²) in [5, 5.41) is 0.818. The lowest BCUT2D eigenvalue weighted by Gasteiger charge is -2.09. The molecule has 6 heteroatoms. The van der Waals surface area contributed by atoms with E-state index in [-0.39, 0.29) is 17.2 Å². The lowest BCUT2D eigenvalue weighted by Crippen LogP contribution is -2.12. The van der Waals surface area contributed by atoms with Gasteiger partial charge in [0.1, 0.15) is 16.9 Å². The zero-order valence-corrected chi connectivity index (χ0v) is 13.9. The van der Waals surface area contributed by atoms with E-state index in [4.69, 9.17) is 13.9 Å². The molecule has 0 unspecified atom stereocenters. The van der Waals surface area contributed by atoms with Gasteiger partial charge in [0.2, 0.25) is 5.88 Å². The average molecular weight is 339 g/mol. The maximum absolute atomic E-state index is 12.4. The maximum atomic E-state index is 12.4. The van der Waals surface area contributed by atoms with Crippen LogP contribution in [0.25, 0.3) is 11.0 Å². The van der Waals surface area contributed by atoms with Crippen molar-refractivity contribution in [1.82, 2.24) is 4.98 Å². The summed E-state index contributed by atoms with van der Waals surface area (Å²) in [5.74, 6) is -0.0966. The topological polar surface area (TPSA) is 78.6 Å². The summed E-state index contributed by atoms with van der Waals surface area (Å²) in [4.78, 5) is 28.1. The molecule has 0 radical (unpaired) electrons. The smallest absolute Gasteiger partial charge is 0.349 e. The molecule has 0 saturated carbocycles.